The molecule has 264 valence electrons. The zero-order chi connectivity index (χ0) is 34.7. The molecule has 0 amide bonds. The van der Waals surface area contributed by atoms with Gasteiger partial charge in [-0.05, 0) is 70.0 Å². The van der Waals surface area contributed by atoms with Crippen LogP contribution in [0.2, 0.25) is 0 Å². The van der Waals surface area contributed by atoms with Crippen molar-refractivity contribution < 1.29 is 74.9 Å². The average Bonchev–Trinajstić information content (AvgIpc) is 2.90. The normalized spacial score (nSPS) is 11.0. The molecule has 16 nitrogen and oxygen atoms in total. The number of rotatable bonds is 16. The van der Waals surface area contributed by atoms with Crippen molar-refractivity contribution in [3.05, 3.63) is 0 Å². The lowest BCUT2D eigenvalue weighted by Gasteiger charge is -2.06. The lowest BCUT2D eigenvalue weighted by Crippen LogP contribution is -1.95. The summed E-state index contributed by atoms with van der Waals surface area (Å²) in [5.74, 6) is -3.26. The zero-order valence-corrected chi connectivity index (χ0v) is 28.1. The maximum atomic E-state index is 11.1. The number of nitrogens with two attached hydrogens (primary N) is 4. The van der Waals surface area contributed by atoms with Crippen LogP contribution >= 0.6 is 30.4 Å². The Morgan fingerprint density at radius 1 is 0.476 bits per heavy atom. The molecule has 0 saturated carbocycles. The highest BCUT2D eigenvalue weighted by molar-refractivity contribution is 7.70. The van der Waals surface area contributed by atoms with Crippen molar-refractivity contribution in [3.8, 4) is 0 Å². The van der Waals surface area contributed by atoms with Gasteiger partial charge in [0.15, 0.2) is 11.8 Å². The van der Waals surface area contributed by atoms with E-state index in [0.29, 0.717) is 0 Å². The maximum Gasteiger partial charge on any atom is 0.406 e. The number of hydrogen-bond acceptors (Lipinski definition) is 12. The number of hydrogen-bond donors (Lipinski definition) is 8. The average molecular weight is 717 g/mol. The molecule has 0 atom stereocenters. The Morgan fingerprint density at radius 3 is 0.667 bits per heavy atom. The van der Waals surface area contributed by atoms with Crippen molar-refractivity contribution in [2.24, 2.45) is 22.9 Å². The Balaban J connectivity index is -0.0000000970. The summed E-state index contributed by atoms with van der Waals surface area (Å²) in [6.07, 6.45) is 9.54. The second-order valence-electron chi connectivity index (χ2n) is 7.68. The Labute approximate surface area is 245 Å². The van der Waals surface area contributed by atoms with Crippen molar-refractivity contribution in [2.45, 2.75) is 79.1 Å². The molecule has 0 aliphatic rings. The molecule has 0 fully saturated rings. The molecule has 0 spiro atoms. The van der Waals surface area contributed by atoms with Gasteiger partial charge in [-0.1, -0.05) is 53.4 Å². The van der Waals surface area contributed by atoms with E-state index in [4.69, 9.17) is 42.5 Å². The summed E-state index contributed by atoms with van der Waals surface area (Å²) in [5.41, 5.74) is 20.6. The van der Waals surface area contributed by atoms with Gasteiger partial charge in [0.2, 0.25) is 0 Å². The van der Waals surface area contributed by atoms with Gasteiger partial charge in [0, 0.05) is 0 Å². The van der Waals surface area contributed by atoms with Crippen LogP contribution in [-0.4, -0.2) is 57.6 Å². The summed E-state index contributed by atoms with van der Waals surface area (Å²) in [7, 11) is -19.4. The Kier molecular flexibility index (Phi) is 48.6. The summed E-state index contributed by atoms with van der Waals surface area (Å²) in [4.78, 5) is 32.2. The summed E-state index contributed by atoms with van der Waals surface area (Å²) >= 11 is 0. The third kappa shape index (κ3) is 59.5. The zero-order valence-electron chi connectivity index (χ0n) is 24.6. The van der Waals surface area contributed by atoms with Crippen LogP contribution in [0.4, 0.5) is 18.1 Å². The van der Waals surface area contributed by atoms with Gasteiger partial charge in [-0.15, -0.1) is 18.9 Å². The molecule has 0 aromatic rings. The van der Waals surface area contributed by atoms with Crippen molar-refractivity contribution >= 4 is 30.4 Å². The van der Waals surface area contributed by atoms with Gasteiger partial charge < -0.3 is 42.5 Å². The minimum Gasteiger partial charge on any atom is -0.330 e. The van der Waals surface area contributed by atoms with Crippen LogP contribution < -0.4 is 22.9 Å². The fourth-order valence-electron chi connectivity index (χ4n) is 1.38. The molecule has 0 rings (SSSR count). The van der Waals surface area contributed by atoms with Crippen molar-refractivity contribution in [1.82, 2.24) is 0 Å². The van der Waals surface area contributed by atoms with Crippen LogP contribution in [0.15, 0.2) is 0 Å². The number of halogens is 4. The lowest BCUT2D eigenvalue weighted by molar-refractivity contribution is -0.0863. The van der Waals surface area contributed by atoms with E-state index >= 15 is 0 Å². The smallest absolute Gasteiger partial charge is 0.330 e. The largest absolute Gasteiger partial charge is 0.406 e. The quantitative estimate of drug-likeness (QED) is 0.0750. The molecule has 0 aromatic heterocycles. The molecule has 0 radical (unpaired) electrons. The van der Waals surface area contributed by atoms with Gasteiger partial charge >= 0.3 is 30.4 Å². The first-order chi connectivity index (χ1) is 19.3. The van der Waals surface area contributed by atoms with Crippen LogP contribution in [0.25, 0.3) is 0 Å². The minimum atomic E-state index is -4.90. The summed E-state index contributed by atoms with van der Waals surface area (Å²) in [6, 6.07) is 0. The Bertz CT molecular complexity index is 634. The molecule has 0 bridgehead atoms. The van der Waals surface area contributed by atoms with E-state index in [9.17, 15) is 36.4 Å². The lowest BCUT2D eigenvalue weighted by atomic mass is 10.3. The SMILES string of the molecule is CCCCN.CCCCN.CCCCN.CCCCN.O=P(O)(O)CP(=O)(OF)OF.O=P(O)(O)CP(=O)(OF)OF. The van der Waals surface area contributed by atoms with Gasteiger partial charge in [-0.2, -0.15) is 0 Å². The molecule has 0 aromatic carbocycles. The van der Waals surface area contributed by atoms with Gasteiger partial charge in [0.05, 0.1) is 0 Å². The van der Waals surface area contributed by atoms with Gasteiger partial charge in [-0.25, -0.2) is 0 Å². The van der Waals surface area contributed by atoms with Gasteiger partial charge in [0.1, 0.15) is 0 Å². The van der Waals surface area contributed by atoms with E-state index < -0.39 is 42.2 Å². The van der Waals surface area contributed by atoms with Crippen LogP contribution in [0.1, 0.15) is 79.1 Å². The van der Waals surface area contributed by atoms with Crippen molar-refractivity contribution in [3.63, 3.8) is 0 Å². The fourth-order valence-corrected chi connectivity index (χ4v) is 5.73. The molecule has 42 heavy (non-hydrogen) atoms. The molecule has 0 aliphatic carbocycles. The highest BCUT2D eigenvalue weighted by atomic mass is 31.2. The number of unbranched alkanes of at least 4 members (excludes halogenated alkanes) is 4. The van der Waals surface area contributed by atoms with E-state index in [1.165, 1.54) is 51.4 Å². The third-order valence-electron chi connectivity index (χ3n) is 3.37. The van der Waals surface area contributed by atoms with E-state index in [1.807, 2.05) is 0 Å². The predicted molar refractivity (Wildman–Crippen MR) is 154 cm³/mol. The van der Waals surface area contributed by atoms with Gasteiger partial charge in [0.25, 0.3) is 0 Å². The van der Waals surface area contributed by atoms with E-state index in [0.717, 1.165) is 26.2 Å². The Morgan fingerprint density at radius 2 is 0.643 bits per heavy atom. The van der Waals surface area contributed by atoms with Crippen LogP contribution in [-0.2, 0) is 37.2 Å². The third-order valence-corrected chi connectivity index (χ3v) is 9.93. The highest BCUT2D eigenvalue weighted by Crippen LogP contribution is 2.60. The van der Waals surface area contributed by atoms with Crippen molar-refractivity contribution in [1.29, 1.82) is 0 Å². The topological polar surface area (TPSA) is 290 Å². The first-order valence-electron chi connectivity index (χ1n) is 12.6. The highest BCUT2D eigenvalue weighted by Gasteiger charge is 2.37. The molecule has 0 saturated heterocycles. The molecule has 0 heterocycles. The predicted octanol–water partition coefficient (Wildman–Crippen LogP) is 5.21. The molecular formula is C18H52F4N4O12P4. The summed E-state index contributed by atoms with van der Waals surface area (Å²) in [6.45, 7) is 11.9. The monoisotopic (exact) mass is 716 g/mol. The van der Waals surface area contributed by atoms with Crippen LogP contribution in [0.3, 0.4) is 0 Å². The van der Waals surface area contributed by atoms with E-state index in [1.54, 1.807) is 0 Å². The molecule has 24 heteroatoms. The standard InChI is InChI=1S/4C4H11N.2CH4F2O6P2/c4*1-2-3-4-5;2*2-8-11(7,9-3)1-10(4,5)6/h4*2-5H2,1H3;2*1H2,(H2,4,5,6). The minimum absolute atomic E-state index is 0.844. The van der Waals surface area contributed by atoms with Crippen molar-refractivity contribution in [2.75, 3.05) is 38.0 Å². The summed E-state index contributed by atoms with van der Waals surface area (Å²) in [5, 5.41) is 0. The molecule has 12 N–H and O–H groups in total. The maximum absolute atomic E-state index is 11.1. The Hall–Kier alpha value is 0.160. The molecular weight excluding hydrogens is 664 g/mol. The summed E-state index contributed by atoms with van der Waals surface area (Å²) < 4.78 is 94.7. The second kappa shape index (κ2) is 37.3. The second-order valence-corrected chi connectivity index (χ2v) is 15.6. The first kappa shape index (κ1) is 54.6. The fraction of sp³-hybridized carbons (Fsp3) is 1.00. The van der Waals surface area contributed by atoms with Crippen LogP contribution in [0, 0.1) is 0 Å². The van der Waals surface area contributed by atoms with E-state index in [2.05, 4.69) is 46.6 Å². The molecule has 0 unspecified atom stereocenters. The van der Waals surface area contributed by atoms with Crippen LogP contribution in [0.5, 0.6) is 0 Å². The van der Waals surface area contributed by atoms with E-state index in [-0.39, 0.29) is 0 Å². The van der Waals surface area contributed by atoms with Gasteiger partial charge in [-0.3, -0.25) is 18.3 Å². The first-order valence-corrected chi connectivity index (χ1v) is 19.7. The molecule has 0 aliphatic heterocycles.